The van der Waals surface area contributed by atoms with E-state index in [1.807, 2.05) is 31.3 Å². The van der Waals surface area contributed by atoms with Gasteiger partial charge in [0, 0.05) is 37.9 Å². The van der Waals surface area contributed by atoms with Crippen molar-refractivity contribution >= 4 is 17.3 Å². The quantitative estimate of drug-likeness (QED) is 0.717. The molecule has 0 saturated carbocycles. The SMILES string of the molecule is Cc1ccc(Nc2cncc(C(=O)N(C)CCc3ccncc3)c2)cc1C. The lowest BCUT2D eigenvalue weighted by Crippen LogP contribution is -2.29. The predicted octanol–water partition coefficient (Wildman–Crippen LogP) is 4.15. The van der Waals surface area contributed by atoms with Crippen LogP contribution in [0, 0.1) is 13.8 Å². The van der Waals surface area contributed by atoms with Crippen LogP contribution in [0.5, 0.6) is 0 Å². The van der Waals surface area contributed by atoms with Gasteiger partial charge in [-0.25, -0.2) is 0 Å². The topological polar surface area (TPSA) is 58.1 Å². The first-order chi connectivity index (χ1) is 13.0. The molecular weight excluding hydrogens is 336 g/mol. The number of likely N-dealkylation sites (N-methyl/N-ethyl adjacent to an activating group) is 1. The van der Waals surface area contributed by atoms with Crippen LogP contribution in [0.25, 0.3) is 0 Å². The fraction of sp³-hybridized carbons (Fsp3) is 0.227. The van der Waals surface area contributed by atoms with E-state index in [1.165, 1.54) is 11.1 Å². The van der Waals surface area contributed by atoms with Gasteiger partial charge in [-0.05, 0) is 67.3 Å². The van der Waals surface area contributed by atoms with Crippen LogP contribution in [0.4, 0.5) is 11.4 Å². The molecule has 2 aromatic heterocycles. The number of anilines is 2. The minimum atomic E-state index is -0.0414. The number of benzene rings is 1. The van der Waals surface area contributed by atoms with Crippen LogP contribution in [0.2, 0.25) is 0 Å². The number of rotatable bonds is 6. The van der Waals surface area contributed by atoms with Gasteiger partial charge in [0.15, 0.2) is 0 Å². The van der Waals surface area contributed by atoms with Crippen molar-refractivity contribution in [3.8, 4) is 0 Å². The van der Waals surface area contributed by atoms with Gasteiger partial charge >= 0.3 is 0 Å². The highest BCUT2D eigenvalue weighted by Gasteiger charge is 2.13. The largest absolute Gasteiger partial charge is 0.354 e. The van der Waals surface area contributed by atoms with Gasteiger partial charge in [0.1, 0.15) is 0 Å². The van der Waals surface area contributed by atoms with Crippen molar-refractivity contribution in [3.63, 3.8) is 0 Å². The molecule has 0 aliphatic heterocycles. The van der Waals surface area contributed by atoms with Crippen LogP contribution in [0.15, 0.2) is 61.2 Å². The lowest BCUT2D eigenvalue weighted by molar-refractivity contribution is 0.0796. The van der Waals surface area contributed by atoms with Gasteiger partial charge < -0.3 is 10.2 Å². The Morgan fingerprint density at radius 3 is 2.48 bits per heavy atom. The van der Waals surface area contributed by atoms with Gasteiger partial charge in [0.25, 0.3) is 5.91 Å². The number of carbonyl (C=O) groups excluding carboxylic acids is 1. The molecule has 2 heterocycles. The van der Waals surface area contributed by atoms with E-state index in [2.05, 4.69) is 41.3 Å². The highest BCUT2D eigenvalue weighted by Crippen LogP contribution is 2.20. The molecule has 0 unspecified atom stereocenters. The van der Waals surface area contributed by atoms with Gasteiger partial charge in [0.2, 0.25) is 0 Å². The summed E-state index contributed by atoms with van der Waals surface area (Å²) in [5.41, 5.74) is 5.98. The molecule has 0 spiro atoms. The molecule has 0 aliphatic rings. The summed E-state index contributed by atoms with van der Waals surface area (Å²) in [6, 6.07) is 12.0. The highest BCUT2D eigenvalue weighted by molar-refractivity contribution is 5.94. The van der Waals surface area contributed by atoms with Gasteiger partial charge in [-0.2, -0.15) is 0 Å². The first-order valence-electron chi connectivity index (χ1n) is 8.96. The number of hydrogen-bond donors (Lipinski definition) is 1. The van der Waals surface area contributed by atoms with Crippen molar-refractivity contribution in [1.29, 1.82) is 0 Å². The smallest absolute Gasteiger partial charge is 0.255 e. The number of hydrogen-bond acceptors (Lipinski definition) is 4. The molecule has 138 valence electrons. The van der Waals surface area contributed by atoms with Crippen LogP contribution in [0.1, 0.15) is 27.0 Å². The minimum absolute atomic E-state index is 0.0414. The summed E-state index contributed by atoms with van der Waals surface area (Å²) in [4.78, 5) is 22.7. The van der Waals surface area contributed by atoms with Crippen LogP contribution in [-0.2, 0) is 6.42 Å². The third kappa shape index (κ3) is 4.91. The summed E-state index contributed by atoms with van der Waals surface area (Å²) in [5.74, 6) is -0.0414. The molecule has 27 heavy (non-hydrogen) atoms. The maximum atomic E-state index is 12.7. The van der Waals surface area contributed by atoms with Crippen molar-refractivity contribution in [2.45, 2.75) is 20.3 Å². The Labute approximate surface area is 160 Å². The van der Waals surface area contributed by atoms with E-state index in [-0.39, 0.29) is 5.91 Å². The summed E-state index contributed by atoms with van der Waals surface area (Å²) in [6.45, 7) is 4.80. The molecule has 5 heteroatoms. The number of amides is 1. The Bertz CT molecular complexity index is 925. The number of carbonyl (C=O) groups is 1. The zero-order valence-electron chi connectivity index (χ0n) is 15.9. The second-order valence-corrected chi connectivity index (χ2v) is 6.72. The van der Waals surface area contributed by atoms with Crippen LogP contribution in [-0.4, -0.2) is 34.4 Å². The van der Waals surface area contributed by atoms with Crippen molar-refractivity contribution in [2.75, 3.05) is 18.9 Å². The van der Waals surface area contributed by atoms with E-state index in [0.717, 1.165) is 23.4 Å². The molecule has 3 aromatic rings. The molecule has 0 bridgehead atoms. The van der Waals surface area contributed by atoms with E-state index in [1.54, 1.807) is 29.7 Å². The minimum Gasteiger partial charge on any atom is -0.354 e. The van der Waals surface area contributed by atoms with Crippen LogP contribution < -0.4 is 5.32 Å². The van der Waals surface area contributed by atoms with Crippen LogP contribution in [0.3, 0.4) is 0 Å². The number of aromatic nitrogens is 2. The molecule has 1 N–H and O–H groups in total. The Morgan fingerprint density at radius 1 is 0.963 bits per heavy atom. The molecule has 0 aliphatic carbocycles. The predicted molar refractivity (Wildman–Crippen MR) is 108 cm³/mol. The fourth-order valence-electron chi connectivity index (χ4n) is 2.78. The van der Waals surface area contributed by atoms with Crippen molar-refractivity contribution in [2.24, 2.45) is 0 Å². The lowest BCUT2D eigenvalue weighted by atomic mass is 10.1. The number of aryl methyl sites for hydroxylation is 2. The fourth-order valence-corrected chi connectivity index (χ4v) is 2.78. The molecule has 0 saturated heterocycles. The van der Waals surface area contributed by atoms with Gasteiger partial charge in [-0.15, -0.1) is 0 Å². The zero-order valence-corrected chi connectivity index (χ0v) is 15.9. The lowest BCUT2D eigenvalue weighted by Gasteiger charge is -2.17. The van der Waals surface area contributed by atoms with Crippen LogP contribution >= 0.6 is 0 Å². The van der Waals surface area contributed by atoms with Crippen molar-refractivity contribution < 1.29 is 4.79 Å². The summed E-state index contributed by atoms with van der Waals surface area (Å²) in [5, 5.41) is 3.32. The molecule has 3 rings (SSSR count). The first-order valence-corrected chi connectivity index (χ1v) is 8.96. The normalized spacial score (nSPS) is 10.5. The standard InChI is InChI=1S/C22H24N4O/c1-16-4-5-20(12-17(16)2)25-21-13-19(14-24-15-21)22(27)26(3)11-8-18-6-9-23-10-7-18/h4-7,9-10,12-15,25H,8,11H2,1-3H3. The third-order valence-electron chi connectivity index (χ3n) is 4.61. The Balaban J connectivity index is 1.66. The van der Waals surface area contributed by atoms with E-state index in [9.17, 15) is 4.79 Å². The summed E-state index contributed by atoms with van der Waals surface area (Å²) >= 11 is 0. The highest BCUT2D eigenvalue weighted by atomic mass is 16.2. The molecule has 0 fully saturated rings. The number of pyridine rings is 2. The van der Waals surface area contributed by atoms with Crippen molar-refractivity contribution in [3.05, 3.63) is 83.4 Å². The van der Waals surface area contributed by atoms with E-state index >= 15 is 0 Å². The van der Waals surface area contributed by atoms with Crippen molar-refractivity contribution in [1.82, 2.24) is 14.9 Å². The molecule has 5 nitrogen and oxygen atoms in total. The van der Waals surface area contributed by atoms with Gasteiger partial charge in [-0.1, -0.05) is 6.07 Å². The zero-order chi connectivity index (χ0) is 19.2. The average Bonchev–Trinajstić information content (AvgIpc) is 2.69. The molecule has 1 amide bonds. The second kappa shape index (κ2) is 8.45. The average molecular weight is 360 g/mol. The summed E-state index contributed by atoms with van der Waals surface area (Å²) in [7, 11) is 1.81. The Hall–Kier alpha value is -3.21. The first kappa shape index (κ1) is 18.6. The summed E-state index contributed by atoms with van der Waals surface area (Å²) in [6.07, 6.45) is 7.66. The molecule has 0 atom stereocenters. The second-order valence-electron chi connectivity index (χ2n) is 6.72. The molecular formula is C22H24N4O. The van der Waals surface area contributed by atoms with Gasteiger partial charge in [-0.3, -0.25) is 14.8 Å². The number of nitrogens with zero attached hydrogens (tertiary/aromatic N) is 3. The third-order valence-corrected chi connectivity index (χ3v) is 4.61. The molecule has 1 aromatic carbocycles. The summed E-state index contributed by atoms with van der Waals surface area (Å²) < 4.78 is 0. The maximum Gasteiger partial charge on any atom is 0.255 e. The monoisotopic (exact) mass is 360 g/mol. The Morgan fingerprint density at radius 2 is 1.74 bits per heavy atom. The number of nitrogens with one attached hydrogen (secondary N) is 1. The maximum absolute atomic E-state index is 12.7. The Kier molecular flexibility index (Phi) is 5.81. The molecule has 0 radical (unpaired) electrons. The van der Waals surface area contributed by atoms with E-state index < -0.39 is 0 Å². The van der Waals surface area contributed by atoms with E-state index in [4.69, 9.17) is 0 Å². The van der Waals surface area contributed by atoms with Gasteiger partial charge in [0.05, 0.1) is 17.4 Å². The van der Waals surface area contributed by atoms with E-state index in [0.29, 0.717) is 12.1 Å².